The van der Waals surface area contributed by atoms with Gasteiger partial charge in [-0.05, 0) is 36.3 Å². The first kappa shape index (κ1) is 14.9. The number of aromatic nitrogens is 2. The molecular weight excluding hydrogens is 308 g/mol. The second kappa shape index (κ2) is 6.09. The molecule has 0 atom stereocenters. The molecule has 23 heavy (non-hydrogen) atoms. The molecule has 2 aliphatic rings. The normalized spacial score (nSPS) is 19.8. The molecule has 122 valence electrons. The van der Waals surface area contributed by atoms with Gasteiger partial charge in [-0.1, -0.05) is 0 Å². The average molecular weight is 330 g/mol. The first-order valence-corrected chi connectivity index (χ1v) is 9.16. The van der Waals surface area contributed by atoms with Gasteiger partial charge in [0.15, 0.2) is 5.82 Å². The van der Waals surface area contributed by atoms with E-state index < -0.39 is 0 Å². The van der Waals surface area contributed by atoms with E-state index in [-0.39, 0.29) is 5.56 Å². The van der Waals surface area contributed by atoms with Crippen LogP contribution in [0.25, 0.3) is 0 Å². The highest BCUT2D eigenvalue weighted by atomic mass is 32.1. The van der Waals surface area contributed by atoms with Crippen molar-refractivity contribution in [2.45, 2.75) is 31.8 Å². The third-order valence-corrected chi connectivity index (χ3v) is 6.14. The molecule has 4 heterocycles. The minimum atomic E-state index is 0.00633. The number of aryl methyl sites for hydroxylation is 1. The fourth-order valence-corrected chi connectivity index (χ4v) is 4.62. The zero-order valence-electron chi connectivity index (χ0n) is 13.4. The van der Waals surface area contributed by atoms with Crippen LogP contribution in [0.3, 0.4) is 0 Å². The summed E-state index contributed by atoms with van der Waals surface area (Å²) in [6, 6.07) is 2.91. The van der Waals surface area contributed by atoms with Gasteiger partial charge in [-0.3, -0.25) is 9.69 Å². The Balaban J connectivity index is 1.42. The van der Waals surface area contributed by atoms with Gasteiger partial charge in [0.25, 0.3) is 5.56 Å². The molecule has 0 bridgehead atoms. The largest absolute Gasteiger partial charge is 0.352 e. The molecule has 5 nitrogen and oxygen atoms in total. The van der Waals surface area contributed by atoms with Gasteiger partial charge in [0, 0.05) is 56.5 Å². The maximum Gasteiger partial charge on any atom is 0.293 e. The second-order valence-electron chi connectivity index (χ2n) is 6.47. The van der Waals surface area contributed by atoms with Crippen molar-refractivity contribution < 1.29 is 0 Å². The lowest BCUT2D eigenvalue weighted by molar-refractivity contribution is 0.154. The summed E-state index contributed by atoms with van der Waals surface area (Å²) in [5.41, 5.74) is 1.52. The van der Waals surface area contributed by atoms with Gasteiger partial charge < -0.3 is 9.47 Å². The first-order valence-electron chi connectivity index (χ1n) is 8.28. The smallest absolute Gasteiger partial charge is 0.293 e. The van der Waals surface area contributed by atoms with E-state index in [1.807, 2.05) is 11.3 Å². The van der Waals surface area contributed by atoms with E-state index in [2.05, 4.69) is 26.2 Å². The third-order valence-electron chi connectivity index (χ3n) is 5.12. The van der Waals surface area contributed by atoms with E-state index in [1.165, 1.54) is 18.5 Å². The van der Waals surface area contributed by atoms with E-state index in [0.717, 1.165) is 32.5 Å². The molecule has 2 aliphatic heterocycles. The van der Waals surface area contributed by atoms with Crippen LogP contribution in [0.1, 0.15) is 23.3 Å². The van der Waals surface area contributed by atoms with E-state index in [1.54, 1.807) is 28.9 Å². The minimum Gasteiger partial charge on any atom is -0.352 e. The standard InChI is InChI=1S/C17H22N4OS/c1-19-10-6-18-16(17(19)22)20-7-2-14(3-8-20)21-9-4-15-13(12-21)5-11-23-15/h5-6,10-11,14H,2-4,7-9,12H2,1H3. The summed E-state index contributed by atoms with van der Waals surface area (Å²) in [4.78, 5) is 22.9. The summed E-state index contributed by atoms with van der Waals surface area (Å²) in [5, 5.41) is 2.22. The van der Waals surface area contributed by atoms with Crippen molar-refractivity contribution in [3.63, 3.8) is 0 Å². The third kappa shape index (κ3) is 2.81. The Labute approximate surface area is 140 Å². The molecule has 4 rings (SSSR count). The molecule has 1 fully saturated rings. The molecular formula is C17H22N4OS. The summed E-state index contributed by atoms with van der Waals surface area (Å²) in [6.45, 7) is 4.10. The van der Waals surface area contributed by atoms with Crippen LogP contribution < -0.4 is 10.5 Å². The molecule has 0 saturated carbocycles. The average Bonchev–Trinajstić information content (AvgIpc) is 3.05. The Kier molecular flexibility index (Phi) is 3.95. The molecule has 0 spiro atoms. The summed E-state index contributed by atoms with van der Waals surface area (Å²) in [7, 11) is 1.78. The van der Waals surface area contributed by atoms with E-state index in [4.69, 9.17) is 0 Å². The van der Waals surface area contributed by atoms with Crippen molar-refractivity contribution in [3.05, 3.63) is 44.6 Å². The molecule has 2 aromatic rings. The molecule has 0 amide bonds. The summed E-state index contributed by atoms with van der Waals surface area (Å²) >= 11 is 1.89. The van der Waals surface area contributed by atoms with Crippen LogP contribution in [0, 0.1) is 0 Å². The van der Waals surface area contributed by atoms with Crippen LogP contribution in [-0.4, -0.2) is 40.1 Å². The van der Waals surface area contributed by atoms with Crippen molar-refractivity contribution in [2.75, 3.05) is 24.5 Å². The lowest BCUT2D eigenvalue weighted by Gasteiger charge is -2.40. The zero-order valence-corrected chi connectivity index (χ0v) is 14.3. The van der Waals surface area contributed by atoms with Gasteiger partial charge in [-0.25, -0.2) is 4.98 Å². The van der Waals surface area contributed by atoms with Crippen molar-refractivity contribution in [3.8, 4) is 0 Å². The molecule has 6 heteroatoms. The first-order chi connectivity index (χ1) is 11.2. The highest BCUT2D eigenvalue weighted by Gasteiger charge is 2.28. The molecule has 0 N–H and O–H groups in total. The van der Waals surface area contributed by atoms with E-state index in [9.17, 15) is 4.79 Å². The Morgan fingerprint density at radius 1 is 1.26 bits per heavy atom. The Bertz CT molecular complexity index is 745. The number of piperidine rings is 1. The van der Waals surface area contributed by atoms with Crippen molar-refractivity contribution in [1.29, 1.82) is 0 Å². The maximum absolute atomic E-state index is 12.2. The summed E-state index contributed by atoms with van der Waals surface area (Å²) in [5.74, 6) is 0.604. The maximum atomic E-state index is 12.2. The molecule has 1 saturated heterocycles. The summed E-state index contributed by atoms with van der Waals surface area (Å²) < 4.78 is 1.61. The van der Waals surface area contributed by atoms with Crippen LogP contribution in [0.5, 0.6) is 0 Å². The van der Waals surface area contributed by atoms with Crippen LogP contribution >= 0.6 is 11.3 Å². The molecule has 0 unspecified atom stereocenters. The van der Waals surface area contributed by atoms with Crippen LogP contribution in [-0.2, 0) is 20.0 Å². The zero-order chi connectivity index (χ0) is 15.8. The number of hydrogen-bond donors (Lipinski definition) is 0. The Morgan fingerprint density at radius 3 is 2.91 bits per heavy atom. The van der Waals surface area contributed by atoms with Crippen molar-refractivity contribution in [2.24, 2.45) is 7.05 Å². The Morgan fingerprint density at radius 2 is 2.09 bits per heavy atom. The number of anilines is 1. The molecule has 0 aromatic carbocycles. The lowest BCUT2D eigenvalue weighted by Crippen LogP contribution is -2.47. The predicted molar refractivity (Wildman–Crippen MR) is 93.1 cm³/mol. The number of rotatable bonds is 2. The fourth-order valence-electron chi connectivity index (χ4n) is 3.73. The van der Waals surface area contributed by atoms with Gasteiger partial charge in [0.1, 0.15) is 0 Å². The van der Waals surface area contributed by atoms with Crippen molar-refractivity contribution >= 4 is 17.2 Å². The minimum absolute atomic E-state index is 0.00633. The van der Waals surface area contributed by atoms with Gasteiger partial charge in [0.2, 0.25) is 0 Å². The van der Waals surface area contributed by atoms with Crippen molar-refractivity contribution in [1.82, 2.24) is 14.5 Å². The van der Waals surface area contributed by atoms with Gasteiger partial charge in [-0.15, -0.1) is 11.3 Å². The molecule has 0 radical (unpaired) electrons. The molecule has 0 aliphatic carbocycles. The SMILES string of the molecule is Cn1ccnc(N2CCC(N3CCc4sccc4C3)CC2)c1=O. The summed E-state index contributed by atoms with van der Waals surface area (Å²) in [6.07, 6.45) is 6.84. The monoisotopic (exact) mass is 330 g/mol. The van der Waals surface area contributed by atoms with E-state index in [0.29, 0.717) is 11.9 Å². The van der Waals surface area contributed by atoms with Crippen LogP contribution in [0.15, 0.2) is 28.6 Å². The van der Waals surface area contributed by atoms with Crippen LogP contribution in [0.4, 0.5) is 5.82 Å². The lowest BCUT2D eigenvalue weighted by atomic mass is 9.99. The number of fused-ring (bicyclic) bond motifs is 1. The van der Waals surface area contributed by atoms with Gasteiger partial charge >= 0.3 is 0 Å². The quantitative estimate of drug-likeness (QED) is 0.843. The second-order valence-corrected chi connectivity index (χ2v) is 7.48. The van der Waals surface area contributed by atoms with E-state index >= 15 is 0 Å². The number of hydrogen-bond acceptors (Lipinski definition) is 5. The number of thiophene rings is 1. The highest BCUT2D eigenvalue weighted by molar-refractivity contribution is 7.10. The fraction of sp³-hybridized carbons (Fsp3) is 0.529. The predicted octanol–water partition coefficient (Wildman–Crippen LogP) is 1.87. The number of nitrogens with zero attached hydrogens (tertiary/aromatic N) is 4. The topological polar surface area (TPSA) is 41.4 Å². The van der Waals surface area contributed by atoms with Gasteiger partial charge in [0.05, 0.1) is 0 Å². The highest BCUT2D eigenvalue weighted by Crippen LogP contribution is 2.28. The van der Waals surface area contributed by atoms with Gasteiger partial charge in [-0.2, -0.15) is 0 Å². The van der Waals surface area contributed by atoms with Crippen LogP contribution in [0.2, 0.25) is 0 Å². The molecule has 2 aromatic heterocycles. The Hall–Kier alpha value is -1.66.